The zero-order valence-electron chi connectivity index (χ0n) is 11.1. The summed E-state index contributed by atoms with van der Waals surface area (Å²) < 4.78 is 32.6. The maximum absolute atomic E-state index is 12.2. The van der Waals surface area contributed by atoms with Gasteiger partial charge < -0.3 is 9.84 Å². The van der Waals surface area contributed by atoms with Gasteiger partial charge in [0, 0.05) is 12.1 Å². The lowest BCUT2D eigenvalue weighted by Crippen LogP contribution is -2.43. The highest BCUT2D eigenvalue weighted by Gasteiger charge is 2.26. The number of aliphatic hydroxyl groups is 1. The highest BCUT2D eigenvalue weighted by atomic mass is 79.9. The van der Waals surface area contributed by atoms with Gasteiger partial charge in [-0.05, 0) is 54.4 Å². The molecule has 19 heavy (non-hydrogen) atoms. The number of hydrogen-bond acceptors (Lipinski definition) is 4. The summed E-state index contributed by atoms with van der Waals surface area (Å²) in [6, 6.07) is 4.54. The fourth-order valence-corrected chi connectivity index (χ4v) is 3.73. The molecule has 0 aliphatic carbocycles. The average molecular weight is 352 g/mol. The molecule has 0 aliphatic rings. The van der Waals surface area contributed by atoms with Crippen LogP contribution in [-0.4, -0.2) is 32.8 Å². The van der Waals surface area contributed by atoms with E-state index in [1.54, 1.807) is 19.9 Å². The van der Waals surface area contributed by atoms with E-state index in [4.69, 9.17) is 9.84 Å². The fraction of sp³-hybridized carbons (Fsp3) is 0.500. The van der Waals surface area contributed by atoms with Gasteiger partial charge in [0.25, 0.3) is 0 Å². The molecule has 0 heterocycles. The van der Waals surface area contributed by atoms with Gasteiger partial charge in [-0.2, -0.15) is 0 Å². The number of hydrogen-bond donors (Lipinski definition) is 2. The summed E-state index contributed by atoms with van der Waals surface area (Å²) in [7, 11) is -2.12. The second-order valence-corrected chi connectivity index (χ2v) is 7.30. The first kappa shape index (κ1) is 16.4. The molecule has 1 aromatic rings. The SMILES string of the molecule is COc1ccc(S(=O)(=O)NC(C)(C)CCO)cc1Br. The molecule has 108 valence electrons. The highest BCUT2D eigenvalue weighted by Crippen LogP contribution is 2.28. The van der Waals surface area contributed by atoms with Crippen molar-refractivity contribution in [3.05, 3.63) is 22.7 Å². The van der Waals surface area contributed by atoms with Crippen LogP contribution in [0.2, 0.25) is 0 Å². The standard InChI is InChI=1S/C12H18BrNO4S/c1-12(2,6-7-15)14-19(16,17)9-4-5-11(18-3)10(13)8-9/h4-5,8,14-15H,6-7H2,1-3H3. The summed E-state index contributed by atoms with van der Waals surface area (Å²) >= 11 is 3.25. The van der Waals surface area contributed by atoms with Crippen LogP contribution >= 0.6 is 15.9 Å². The minimum absolute atomic E-state index is 0.0815. The summed E-state index contributed by atoms with van der Waals surface area (Å²) in [4.78, 5) is 0.145. The van der Waals surface area contributed by atoms with Crippen molar-refractivity contribution in [2.75, 3.05) is 13.7 Å². The third kappa shape index (κ3) is 4.45. The van der Waals surface area contributed by atoms with Gasteiger partial charge in [-0.3, -0.25) is 0 Å². The van der Waals surface area contributed by atoms with Gasteiger partial charge in [0.15, 0.2) is 0 Å². The van der Waals surface area contributed by atoms with Crippen molar-refractivity contribution in [2.45, 2.75) is 30.7 Å². The molecule has 0 bridgehead atoms. The zero-order valence-corrected chi connectivity index (χ0v) is 13.5. The van der Waals surface area contributed by atoms with Crippen LogP contribution in [0.4, 0.5) is 0 Å². The third-order valence-corrected chi connectivity index (χ3v) is 4.90. The minimum Gasteiger partial charge on any atom is -0.496 e. The number of rotatable bonds is 6. The number of halogens is 1. The molecule has 2 N–H and O–H groups in total. The molecule has 0 unspecified atom stereocenters. The van der Waals surface area contributed by atoms with Crippen LogP contribution in [0.5, 0.6) is 5.75 Å². The maximum Gasteiger partial charge on any atom is 0.241 e. The van der Waals surface area contributed by atoms with Gasteiger partial charge in [-0.25, -0.2) is 13.1 Å². The molecule has 1 rings (SSSR count). The summed E-state index contributed by atoms with van der Waals surface area (Å²) in [6.45, 7) is 3.36. The maximum atomic E-state index is 12.2. The van der Waals surface area contributed by atoms with Crippen molar-refractivity contribution in [2.24, 2.45) is 0 Å². The molecule has 0 aliphatic heterocycles. The Balaban J connectivity index is 3.04. The molecule has 0 aromatic heterocycles. The van der Waals surface area contributed by atoms with E-state index < -0.39 is 15.6 Å². The van der Waals surface area contributed by atoms with E-state index >= 15 is 0 Å². The van der Waals surface area contributed by atoms with Crippen LogP contribution in [0.25, 0.3) is 0 Å². The quantitative estimate of drug-likeness (QED) is 0.820. The fourth-order valence-electron chi connectivity index (χ4n) is 1.57. The van der Waals surface area contributed by atoms with Gasteiger partial charge in [0.2, 0.25) is 10.0 Å². The summed E-state index contributed by atoms with van der Waals surface area (Å²) in [5, 5.41) is 8.92. The molecular weight excluding hydrogens is 334 g/mol. The monoisotopic (exact) mass is 351 g/mol. The first-order valence-corrected chi connectivity index (χ1v) is 7.98. The van der Waals surface area contributed by atoms with Crippen molar-refractivity contribution >= 4 is 26.0 Å². The van der Waals surface area contributed by atoms with Crippen LogP contribution in [0, 0.1) is 0 Å². The minimum atomic E-state index is -3.63. The lowest BCUT2D eigenvalue weighted by atomic mass is 10.0. The first-order valence-electron chi connectivity index (χ1n) is 5.70. The third-order valence-electron chi connectivity index (χ3n) is 2.58. The molecule has 0 spiro atoms. The first-order chi connectivity index (χ1) is 8.72. The topological polar surface area (TPSA) is 75.6 Å². The van der Waals surface area contributed by atoms with Crippen LogP contribution in [0.15, 0.2) is 27.6 Å². The molecule has 0 atom stereocenters. The van der Waals surface area contributed by atoms with E-state index in [9.17, 15) is 8.42 Å². The van der Waals surface area contributed by atoms with Crippen LogP contribution in [0.1, 0.15) is 20.3 Å². The van der Waals surface area contributed by atoms with E-state index in [2.05, 4.69) is 20.7 Å². The Labute approximate surface area is 122 Å². The average Bonchev–Trinajstić information content (AvgIpc) is 2.27. The molecule has 0 amide bonds. The predicted octanol–water partition coefficient (Wildman–Crippen LogP) is 1.90. The Morgan fingerprint density at radius 3 is 2.53 bits per heavy atom. The van der Waals surface area contributed by atoms with E-state index in [1.807, 2.05) is 0 Å². The highest BCUT2D eigenvalue weighted by molar-refractivity contribution is 9.10. The Morgan fingerprint density at radius 2 is 2.05 bits per heavy atom. The Kier molecular flexibility index (Phi) is 5.37. The van der Waals surface area contributed by atoms with Gasteiger partial charge in [-0.1, -0.05) is 0 Å². The number of ether oxygens (including phenoxy) is 1. The van der Waals surface area contributed by atoms with Crippen LogP contribution in [0.3, 0.4) is 0 Å². The molecule has 5 nitrogen and oxygen atoms in total. The van der Waals surface area contributed by atoms with Gasteiger partial charge in [0.1, 0.15) is 5.75 Å². The van der Waals surface area contributed by atoms with E-state index in [0.717, 1.165) is 0 Å². The molecule has 0 saturated carbocycles. The zero-order chi connectivity index (χ0) is 14.7. The molecule has 1 aromatic carbocycles. The molecule has 0 radical (unpaired) electrons. The smallest absolute Gasteiger partial charge is 0.241 e. The molecular formula is C12H18BrNO4S. The van der Waals surface area contributed by atoms with Crippen molar-refractivity contribution < 1.29 is 18.3 Å². The molecule has 0 saturated heterocycles. The lowest BCUT2D eigenvalue weighted by molar-refractivity contribution is 0.246. The van der Waals surface area contributed by atoms with Crippen molar-refractivity contribution in [3.8, 4) is 5.75 Å². The van der Waals surface area contributed by atoms with Crippen molar-refractivity contribution in [1.29, 1.82) is 0 Å². The molecule has 7 heteroatoms. The van der Waals surface area contributed by atoms with E-state index in [1.165, 1.54) is 19.2 Å². The number of methoxy groups -OCH3 is 1. The summed E-state index contributed by atoms with van der Waals surface area (Å²) in [5.41, 5.74) is -0.708. The molecule has 0 fully saturated rings. The van der Waals surface area contributed by atoms with Gasteiger partial charge in [-0.15, -0.1) is 0 Å². The summed E-state index contributed by atoms with van der Waals surface area (Å²) in [5.74, 6) is 0.563. The predicted molar refractivity (Wildman–Crippen MR) is 76.8 cm³/mol. The van der Waals surface area contributed by atoms with Gasteiger partial charge >= 0.3 is 0 Å². The van der Waals surface area contributed by atoms with E-state index in [0.29, 0.717) is 16.6 Å². The Bertz CT molecular complexity index is 543. The van der Waals surface area contributed by atoms with Crippen molar-refractivity contribution in [1.82, 2.24) is 4.72 Å². The normalized spacial score (nSPS) is 12.5. The Morgan fingerprint density at radius 1 is 1.42 bits per heavy atom. The Hall–Kier alpha value is -0.630. The second-order valence-electron chi connectivity index (χ2n) is 4.76. The number of aliphatic hydroxyl groups excluding tert-OH is 1. The summed E-state index contributed by atoms with van der Waals surface area (Å²) in [6.07, 6.45) is 0.337. The van der Waals surface area contributed by atoms with Crippen LogP contribution in [-0.2, 0) is 10.0 Å². The number of benzene rings is 1. The lowest BCUT2D eigenvalue weighted by Gasteiger charge is -2.25. The second kappa shape index (κ2) is 6.21. The van der Waals surface area contributed by atoms with E-state index in [-0.39, 0.29) is 11.5 Å². The number of sulfonamides is 1. The largest absolute Gasteiger partial charge is 0.496 e. The van der Waals surface area contributed by atoms with Crippen LogP contribution < -0.4 is 9.46 Å². The number of nitrogens with one attached hydrogen (secondary N) is 1. The van der Waals surface area contributed by atoms with Crippen molar-refractivity contribution in [3.63, 3.8) is 0 Å². The van der Waals surface area contributed by atoms with Gasteiger partial charge in [0.05, 0.1) is 16.5 Å².